The van der Waals surface area contributed by atoms with Crippen LogP contribution in [0.1, 0.15) is 0 Å². The van der Waals surface area contributed by atoms with Crippen molar-refractivity contribution in [1.82, 2.24) is 0 Å². The van der Waals surface area contributed by atoms with Crippen LogP contribution in [-0.4, -0.2) is 0 Å². The Balaban J connectivity index is 1.89. The summed E-state index contributed by atoms with van der Waals surface area (Å²) in [5.41, 5.74) is 0. The van der Waals surface area contributed by atoms with Gasteiger partial charge in [-0.25, -0.2) is 0 Å². The highest BCUT2D eigenvalue weighted by molar-refractivity contribution is 5.34. The van der Waals surface area contributed by atoms with Gasteiger partial charge in [0.25, 0.3) is 0 Å². The van der Waals surface area contributed by atoms with E-state index in [9.17, 15) is 0 Å². The second-order valence-electron chi connectivity index (χ2n) is 4.62. The van der Waals surface area contributed by atoms with E-state index in [1.165, 1.54) is 0 Å². The Morgan fingerprint density at radius 1 is 0.333 bits per heavy atom. The van der Waals surface area contributed by atoms with Gasteiger partial charge in [0.2, 0.25) is 0 Å². The first-order chi connectivity index (χ1) is 5.95. The molecule has 0 aromatic rings. The zero-order valence-corrected chi connectivity index (χ0v) is 6.93. The minimum absolute atomic E-state index is 0.861. The van der Waals surface area contributed by atoms with Crippen molar-refractivity contribution < 1.29 is 0 Å². The van der Waals surface area contributed by atoms with Gasteiger partial charge in [0.1, 0.15) is 0 Å². The highest BCUT2D eigenvalue weighted by atomic mass is 14.6. The van der Waals surface area contributed by atoms with Crippen molar-refractivity contribution in [3.05, 3.63) is 36.5 Å². The van der Waals surface area contributed by atoms with Crippen LogP contribution in [-0.2, 0) is 0 Å². The Bertz CT molecular complexity index is 227. The maximum Gasteiger partial charge on any atom is -0.00957 e. The number of hydrogen-bond donors (Lipinski definition) is 0. The van der Waals surface area contributed by atoms with Gasteiger partial charge in [0.05, 0.1) is 0 Å². The first-order valence-corrected chi connectivity index (χ1v) is 5.00. The average Bonchev–Trinajstić information content (AvgIpc) is 2.73. The Labute approximate surface area is 72.7 Å². The molecule has 0 nitrogen and oxygen atoms in total. The summed E-state index contributed by atoms with van der Waals surface area (Å²) in [6.45, 7) is 0. The molecule has 0 heteroatoms. The molecule has 0 spiro atoms. The summed E-state index contributed by atoms with van der Waals surface area (Å²) in [4.78, 5) is 0. The van der Waals surface area contributed by atoms with Crippen molar-refractivity contribution in [2.75, 3.05) is 0 Å². The van der Waals surface area contributed by atoms with Crippen LogP contribution >= 0.6 is 0 Å². The SMILES string of the molecule is C1=CC2C3/C=C\C4C1C4/C=C\C23. The lowest BCUT2D eigenvalue weighted by molar-refractivity contribution is 0.907. The molecule has 5 aliphatic carbocycles. The van der Waals surface area contributed by atoms with E-state index < -0.39 is 0 Å². The fourth-order valence-corrected chi connectivity index (χ4v) is 3.08. The summed E-state index contributed by atoms with van der Waals surface area (Å²) < 4.78 is 0. The van der Waals surface area contributed by atoms with E-state index in [1.54, 1.807) is 0 Å². The molecule has 0 aliphatic heterocycles. The smallest absolute Gasteiger partial charge is 0.00957 e. The third-order valence-electron chi connectivity index (χ3n) is 4.05. The Hall–Kier alpha value is -0.780. The minimum Gasteiger partial charge on any atom is -0.0839 e. The Morgan fingerprint density at radius 2 is 0.500 bits per heavy atom. The molecule has 6 bridgehead atoms. The van der Waals surface area contributed by atoms with Crippen molar-refractivity contribution in [2.45, 2.75) is 0 Å². The second kappa shape index (κ2) is 1.61. The van der Waals surface area contributed by atoms with Crippen LogP contribution in [0.25, 0.3) is 0 Å². The summed E-state index contributed by atoms with van der Waals surface area (Å²) >= 11 is 0. The van der Waals surface area contributed by atoms with Crippen molar-refractivity contribution >= 4 is 0 Å². The van der Waals surface area contributed by atoms with Crippen LogP contribution in [0, 0.1) is 35.5 Å². The van der Waals surface area contributed by atoms with E-state index in [0.717, 1.165) is 35.5 Å². The standard InChI is InChI=1S/C12H12/c1-2-8-11-5-3-9-7(1)10(9)4-6-12(8)11/h1-12H/b2-1-,5-3-,6-4?. The van der Waals surface area contributed by atoms with Crippen LogP contribution in [0.5, 0.6) is 0 Å². The summed E-state index contributed by atoms with van der Waals surface area (Å²) in [5, 5.41) is 0. The molecule has 0 aromatic heterocycles. The van der Waals surface area contributed by atoms with Crippen LogP contribution in [0.15, 0.2) is 36.5 Å². The quantitative estimate of drug-likeness (QED) is 0.472. The third-order valence-corrected chi connectivity index (χ3v) is 4.05. The highest BCUT2D eigenvalue weighted by Gasteiger charge is 2.53. The first kappa shape index (κ1) is 5.80. The van der Waals surface area contributed by atoms with Crippen LogP contribution in [0.4, 0.5) is 0 Å². The second-order valence-corrected chi connectivity index (χ2v) is 4.62. The Kier molecular flexibility index (Phi) is 0.778. The molecule has 12 heavy (non-hydrogen) atoms. The summed E-state index contributed by atoms with van der Waals surface area (Å²) in [6.07, 6.45) is 14.8. The normalized spacial score (nSPS) is 67.3. The topological polar surface area (TPSA) is 0 Å². The van der Waals surface area contributed by atoms with Gasteiger partial charge in [-0.05, 0) is 35.5 Å². The van der Waals surface area contributed by atoms with Crippen molar-refractivity contribution in [1.29, 1.82) is 0 Å². The monoisotopic (exact) mass is 156 g/mol. The molecule has 0 aromatic carbocycles. The molecule has 4 unspecified atom stereocenters. The molecule has 5 aliphatic rings. The first-order valence-electron chi connectivity index (χ1n) is 5.00. The van der Waals surface area contributed by atoms with Gasteiger partial charge in [-0.1, -0.05) is 36.5 Å². The van der Waals surface area contributed by atoms with Gasteiger partial charge in [-0.15, -0.1) is 0 Å². The highest BCUT2D eigenvalue weighted by Crippen LogP contribution is 2.59. The third kappa shape index (κ3) is 0.532. The van der Waals surface area contributed by atoms with Crippen LogP contribution in [0.3, 0.4) is 0 Å². The predicted molar refractivity (Wildman–Crippen MR) is 48.4 cm³/mol. The van der Waals surface area contributed by atoms with Gasteiger partial charge in [0, 0.05) is 0 Å². The summed E-state index contributed by atoms with van der Waals surface area (Å²) in [5.74, 6) is 5.17. The van der Waals surface area contributed by atoms with Crippen molar-refractivity contribution in [3.63, 3.8) is 0 Å². The van der Waals surface area contributed by atoms with Crippen molar-refractivity contribution in [3.8, 4) is 0 Å². The zero-order chi connectivity index (χ0) is 7.71. The lowest BCUT2D eigenvalue weighted by Crippen LogP contribution is -1.80. The van der Waals surface area contributed by atoms with Gasteiger partial charge in [-0.3, -0.25) is 0 Å². The van der Waals surface area contributed by atoms with E-state index in [-0.39, 0.29) is 0 Å². The van der Waals surface area contributed by atoms with Crippen LogP contribution < -0.4 is 0 Å². The number of rotatable bonds is 0. The van der Waals surface area contributed by atoms with Gasteiger partial charge >= 0.3 is 0 Å². The molecule has 5 rings (SSSR count). The van der Waals surface area contributed by atoms with Crippen molar-refractivity contribution in [2.24, 2.45) is 35.5 Å². The molecule has 2 saturated carbocycles. The van der Waals surface area contributed by atoms with E-state index in [2.05, 4.69) is 36.5 Å². The number of allylic oxidation sites excluding steroid dienone is 6. The average molecular weight is 156 g/mol. The zero-order valence-electron chi connectivity index (χ0n) is 6.93. The van der Waals surface area contributed by atoms with E-state index in [1.807, 2.05) is 0 Å². The minimum atomic E-state index is 0.861. The molecule has 0 amide bonds. The van der Waals surface area contributed by atoms with Gasteiger partial charge in [0.15, 0.2) is 0 Å². The molecule has 0 heterocycles. The fourth-order valence-electron chi connectivity index (χ4n) is 3.08. The maximum absolute atomic E-state index is 2.47. The molecule has 4 atom stereocenters. The van der Waals surface area contributed by atoms with Gasteiger partial charge < -0.3 is 0 Å². The molecule has 0 radical (unpaired) electrons. The summed E-state index contributed by atoms with van der Waals surface area (Å²) in [6, 6.07) is 0. The molecule has 60 valence electrons. The fraction of sp³-hybridized carbons (Fsp3) is 0.500. The number of hydrogen-bond acceptors (Lipinski definition) is 0. The van der Waals surface area contributed by atoms with E-state index in [4.69, 9.17) is 0 Å². The largest absolute Gasteiger partial charge is 0.0839 e. The van der Waals surface area contributed by atoms with E-state index >= 15 is 0 Å². The molecule has 0 saturated heterocycles. The lowest BCUT2D eigenvalue weighted by Gasteiger charge is -1.91. The molecule has 2 fully saturated rings. The lowest BCUT2D eigenvalue weighted by atomic mass is 10.1. The van der Waals surface area contributed by atoms with Gasteiger partial charge in [-0.2, -0.15) is 0 Å². The molecular weight excluding hydrogens is 144 g/mol. The maximum atomic E-state index is 2.47. The predicted octanol–water partition coefficient (Wildman–Crippen LogP) is 2.41. The Morgan fingerprint density at radius 3 is 0.667 bits per heavy atom. The summed E-state index contributed by atoms with van der Waals surface area (Å²) in [7, 11) is 0. The molecule has 0 N–H and O–H groups in total. The molecular formula is C12H12. The van der Waals surface area contributed by atoms with E-state index in [0.29, 0.717) is 0 Å². The van der Waals surface area contributed by atoms with Crippen LogP contribution in [0.2, 0.25) is 0 Å².